The minimum atomic E-state index is -0.825. The van der Waals surface area contributed by atoms with E-state index in [-0.39, 0.29) is 50.3 Å². The molecular weight excluding hydrogens is 504 g/mol. The van der Waals surface area contributed by atoms with Gasteiger partial charge in [-0.1, -0.05) is 55.6 Å². The average molecular weight is 541 g/mol. The molecule has 1 saturated carbocycles. The van der Waals surface area contributed by atoms with Gasteiger partial charge >= 0.3 is 5.97 Å². The lowest BCUT2D eigenvalue weighted by Crippen LogP contribution is -2.34. The van der Waals surface area contributed by atoms with Crippen LogP contribution in [0.3, 0.4) is 0 Å². The first-order valence-electron chi connectivity index (χ1n) is 13.6. The van der Waals surface area contributed by atoms with Gasteiger partial charge < -0.3 is 9.84 Å². The number of ether oxygens (including phenoxy) is 1. The summed E-state index contributed by atoms with van der Waals surface area (Å²) in [6.07, 6.45) is 6.15. The maximum absolute atomic E-state index is 11.9. The van der Waals surface area contributed by atoms with E-state index in [0.29, 0.717) is 17.5 Å². The van der Waals surface area contributed by atoms with Gasteiger partial charge in [0, 0.05) is 37.0 Å². The number of aryl methyl sites for hydroxylation is 1. The lowest BCUT2D eigenvalue weighted by atomic mass is 9.98. The van der Waals surface area contributed by atoms with E-state index >= 15 is 0 Å². The lowest BCUT2D eigenvalue weighted by molar-refractivity contribution is -0.140. The molecule has 0 unspecified atom stereocenters. The Kier molecular flexibility index (Phi) is 9.80. The lowest BCUT2D eigenvalue weighted by Gasteiger charge is -2.33. The second kappa shape index (κ2) is 13.3. The Morgan fingerprint density at radius 2 is 1.79 bits per heavy atom. The van der Waals surface area contributed by atoms with Gasteiger partial charge in [-0.05, 0) is 60.1 Å². The van der Waals surface area contributed by atoms with Gasteiger partial charge in [0.25, 0.3) is 0 Å². The van der Waals surface area contributed by atoms with Crippen molar-refractivity contribution in [2.45, 2.75) is 70.9 Å². The number of imide groups is 1. The third-order valence-electron chi connectivity index (χ3n) is 7.65. The van der Waals surface area contributed by atoms with Gasteiger partial charge in [-0.25, -0.2) is 0 Å². The van der Waals surface area contributed by atoms with Crippen molar-refractivity contribution >= 4 is 29.4 Å². The number of rotatable bonds is 13. The Morgan fingerprint density at radius 1 is 1.11 bits per heavy atom. The van der Waals surface area contributed by atoms with Crippen molar-refractivity contribution in [1.82, 2.24) is 9.80 Å². The van der Waals surface area contributed by atoms with Gasteiger partial charge in [-0.3, -0.25) is 24.2 Å². The van der Waals surface area contributed by atoms with Crippen LogP contribution in [0.1, 0.15) is 74.6 Å². The highest BCUT2D eigenvalue weighted by atomic mass is 35.5. The third-order valence-corrected chi connectivity index (χ3v) is 7.90. The van der Waals surface area contributed by atoms with Crippen LogP contribution in [0.25, 0.3) is 0 Å². The zero-order valence-corrected chi connectivity index (χ0v) is 22.8. The summed E-state index contributed by atoms with van der Waals surface area (Å²) in [7, 11) is 0. The van der Waals surface area contributed by atoms with E-state index in [2.05, 4.69) is 17.9 Å². The topological polar surface area (TPSA) is 87.2 Å². The quantitative estimate of drug-likeness (QED) is 0.331. The van der Waals surface area contributed by atoms with Crippen LogP contribution in [-0.2, 0) is 27.3 Å². The Bertz CT molecular complexity index is 1110. The Labute approximate surface area is 229 Å². The third kappa shape index (κ3) is 7.35. The van der Waals surface area contributed by atoms with E-state index in [4.69, 9.17) is 16.3 Å². The predicted molar refractivity (Wildman–Crippen MR) is 146 cm³/mol. The van der Waals surface area contributed by atoms with E-state index in [0.717, 1.165) is 35.4 Å². The summed E-state index contributed by atoms with van der Waals surface area (Å²) in [6, 6.07) is 13.4. The summed E-state index contributed by atoms with van der Waals surface area (Å²) in [6.45, 7) is 4.06. The zero-order valence-electron chi connectivity index (χ0n) is 22.0. The smallest absolute Gasteiger partial charge is 0.305 e. The number of likely N-dealkylation sites (tertiary alicyclic amines) is 1. The molecule has 0 bridgehead atoms. The molecule has 2 amide bonds. The number of carbonyl (C=O) groups is 3. The van der Waals surface area contributed by atoms with Crippen LogP contribution >= 0.6 is 11.6 Å². The van der Waals surface area contributed by atoms with Crippen molar-refractivity contribution in [1.29, 1.82) is 0 Å². The largest absolute Gasteiger partial charge is 0.491 e. The standard InChI is InChI=1S/C30H37ClN2O5/c1-2-23-17-22(7-12-27(23)38-16-15-33-28(34)13-14-29(33)35)20-32(19-21-5-3-4-6-21)26(18-30(36)37)24-8-10-25(31)11-9-24/h7-12,17,21,26H,2-6,13-16,18-20H2,1H3,(H,36,37)/t26-/m1/s1. The second-order valence-corrected chi connectivity index (χ2v) is 10.8. The maximum atomic E-state index is 11.9. The fraction of sp³-hybridized carbons (Fsp3) is 0.500. The predicted octanol–water partition coefficient (Wildman–Crippen LogP) is 5.64. The van der Waals surface area contributed by atoms with Gasteiger partial charge in [0.1, 0.15) is 12.4 Å². The van der Waals surface area contributed by atoms with Crippen LogP contribution in [0.4, 0.5) is 0 Å². The average Bonchev–Trinajstić information content (AvgIpc) is 3.53. The van der Waals surface area contributed by atoms with Crippen LogP contribution < -0.4 is 4.74 Å². The highest BCUT2D eigenvalue weighted by molar-refractivity contribution is 6.30. The van der Waals surface area contributed by atoms with E-state index in [1.165, 1.54) is 30.6 Å². The van der Waals surface area contributed by atoms with Gasteiger partial charge in [-0.2, -0.15) is 0 Å². The van der Waals surface area contributed by atoms with E-state index in [1.54, 1.807) is 0 Å². The van der Waals surface area contributed by atoms with Crippen LogP contribution in [0, 0.1) is 5.92 Å². The molecule has 2 fully saturated rings. The minimum Gasteiger partial charge on any atom is -0.491 e. The monoisotopic (exact) mass is 540 g/mol. The number of carbonyl (C=O) groups excluding carboxylic acids is 2. The van der Waals surface area contributed by atoms with Crippen LogP contribution in [-0.4, -0.2) is 52.4 Å². The van der Waals surface area contributed by atoms with Crippen LogP contribution in [0.15, 0.2) is 42.5 Å². The molecule has 1 aliphatic carbocycles. The molecule has 204 valence electrons. The number of hydrogen-bond donors (Lipinski definition) is 1. The summed E-state index contributed by atoms with van der Waals surface area (Å²) in [5.41, 5.74) is 3.10. The zero-order chi connectivity index (χ0) is 27.1. The summed E-state index contributed by atoms with van der Waals surface area (Å²) >= 11 is 6.13. The van der Waals surface area contributed by atoms with Crippen molar-refractivity contribution in [3.8, 4) is 5.75 Å². The Morgan fingerprint density at radius 3 is 2.42 bits per heavy atom. The van der Waals surface area contributed by atoms with E-state index in [9.17, 15) is 19.5 Å². The van der Waals surface area contributed by atoms with Crippen molar-refractivity contribution in [2.24, 2.45) is 5.92 Å². The highest BCUT2D eigenvalue weighted by Gasteiger charge is 2.29. The van der Waals surface area contributed by atoms with Gasteiger partial charge in [0.15, 0.2) is 0 Å². The highest BCUT2D eigenvalue weighted by Crippen LogP contribution is 2.33. The molecule has 2 aromatic carbocycles. The van der Waals surface area contributed by atoms with Gasteiger partial charge in [-0.15, -0.1) is 0 Å². The number of carboxylic acid groups (broad SMARTS) is 1. The van der Waals surface area contributed by atoms with Crippen LogP contribution in [0.2, 0.25) is 5.02 Å². The molecule has 1 atom stereocenters. The summed E-state index contributed by atoms with van der Waals surface area (Å²) in [5, 5.41) is 10.4. The van der Waals surface area contributed by atoms with Crippen molar-refractivity contribution in [2.75, 3.05) is 19.7 Å². The number of carboxylic acids is 1. The summed E-state index contributed by atoms with van der Waals surface area (Å²) in [5.74, 6) is 0.210. The van der Waals surface area contributed by atoms with Crippen molar-refractivity contribution in [3.63, 3.8) is 0 Å². The molecule has 1 saturated heterocycles. The van der Waals surface area contributed by atoms with Crippen molar-refractivity contribution < 1.29 is 24.2 Å². The molecule has 4 rings (SSSR count). The molecule has 0 spiro atoms. The Hall–Kier alpha value is -2.90. The van der Waals surface area contributed by atoms with E-state index in [1.807, 2.05) is 36.4 Å². The molecule has 1 aliphatic heterocycles. The molecule has 0 aromatic heterocycles. The number of halogens is 1. The number of aliphatic carboxylic acids is 1. The first-order chi connectivity index (χ1) is 18.3. The maximum Gasteiger partial charge on any atom is 0.305 e. The molecule has 8 heteroatoms. The first kappa shape index (κ1) is 28.1. The first-order valence-corrected chi connectivity index (χ1v) is 14.0. The van der Waals surface area contributed by atoms with Gasteiger partial charge in [0.2, 0.25) is 11.8 Å². The summed E-state index contributed by atoms with van der Waals surface area (Å²) < 4.78 is 5.98. The molecule has 0 radical (unpaired) electrons. The number of nitrogens with zero attached hydrogens (tertiary/aromatic N) is 2. The molecule has 1 heterocycles. The minimum absolute atomic E-state index is 0.0180. The SMILES string of the molecule is CCc1cc(CN(CC2CCCC2)[C@H](CC(=O)O)c2ccc(Cl)cc2)ccc1OCCN1C(=O)CCC1=O. The van der Waals surface area contributed by atoms with Crippen LogP contribution in [0.5, 0.6) is 5.75 Å². The molecule has 2 aliphatic rings. The fourth-order valence-corrected chi connectivity index (χ4v) is 5.76. The van der Waals surface area contributed by atoms with E-state index < -0.39 is 5.97 Å². The molecular formula is C30H37ClN2O5. The number of amides is 2. The normalized spacial score (nSPS) is 17.0. The molecule has 1 N–H and O–H groups in total. The number of hydrogen-bond acceptors (Lipinski definition) is 5. The summed E-state index contributed by atoms with van der Waals surface area (Å²) in [4.78, 5) is 39.2. The van der Waals surface area contributed by atoms with Gasteiger partial charge in [0.05, 0.1) is 13.0 Å². The second-order valence-electron chi connectivity index (χ2n) is 10.3. The Balaban J connectivity index is 1.51. The fourth-order valence-electron chi connectivity index (χ4n) is 5.64. The molecule has 2 aromatic rings. The number of benzene rings is 2. The molecule has 38 heavy (non-hydrogen) atoms. The van der Waals surface area contributed by atoms with Crippen molar-refractivity contribution in [3.05, 3.63) is 64.2 Å². The molecule has 7 nitrogen and oxygen atoms in total.